The van der Waals surface area contributed by atoms with Gasteiger partial charge in [-0.3, -0.25) is 14.4 Å². The number of rotatable bonds is 10. The molecule has 0 fully saturated rings. The summed E-state index contributed by atoms with van der Waals surface area (Å²) in [6.07, 6.45) is 0.561. The lowest BCUT2D eigenvalue weighted by atomic mass is 10.2. The lowest BCUT2D eigenvalue weighted by Crippen LogP contribution is -2.21. The molecular weight excluding hydrogens is 440 g/mol. The van der Waals surface area contributed by atoms with Gasteiger partial charge in [-0.15, -0.1) is 0 Å². The summed E-state index contributed by atoms with van der Waals surface area (Å²) in [6, 6.07) is 14.1. The average molecular weight is 463 g/mol. The number of hydrogen-bond donors (Lipinski definition) is 2. The first kappa shape index (κ1) is 22.4. The number of esters is 1. The van der Waals surface area contributed by atoms with E-state index in [1.807, 2.05) is 6.92 Å². The van der Waals surface area contributed by atoms with Crippen LogP contribution in [-0.4, -0.2) is 31.0 Å². The van der Waals surface area contributed by atoms with Crippen LogP contribution in [0.4, 0.5) is 11.4 Å². The SMILES string of the molecule is CCOc1ccc(NC(=O)CCCC(=O)OCC(=O)Nc2ccc(Br)cc2)cc1. The van der Waals surface area contributed by atoms with E-state index in [9.17, 15) is 14.4 Å². The molecule has 0 atom stereocenters. The molecule has 0 aliphatic carbocycles. The summed E-state index contributed by atoms with van der Waals surface area (Å²) in [7, 11) is 0. The fourth-order valence-corrected chi connectivity index (χ4v) is 2.63. The van der Waals surface area contributed by atoms with Crippen LogP contribution in [0, 0.1) is 0 Å². The third-order valence-corrected chi connectivity index (χ3v) is 4.25. The van der Waals surface area contributed by atoms with Crippen LogP contribution in [0.3, 0.4) is 0 Å². The quantitative estimate of drug-likeness (QED) is 0.517. The molecule has 2 aromatic carbocycles. The van der Waals surface area contributed by atoms with Crippen molar-refractivity contribution in [3.05, 3.63) is 53.0 Å². The summed E-state index contributed by atoms with van der Waals surface area (Å²) in [4.78, 5) is 35.4. The standard InChI is InChI=1S/C21H23BrN2O5/c1-2-28-18-12-10-17(11-13-18)23-19(25)4-3-5-21(27)29-14-20(26)24-16-8-6-15(22)7-9-16/h6-13H,2-5,14H2,1H3,(H,23,25)(H,24,26). The van der Waals surface area contributed by atoms with Gasteiger partial charge in [-0.25, -0.2) is 0 Å². The summed E-state index contributed by atoms with van der Waals surface area (Å²) in [5, 5.41) is 5.38. The minimum atomic E-state index is -0.523. The molecule has 0 aliphatic heterocycles. The van der Waals surface area contributed by atoms with Crippen molar-refractivity contribution in [2.24, 2.45) is 0 Å². The Balaban J connectivity index is 1.61. The topological polar surface area (TPSA) is 93.7 Å². The second kappa shape index (κ2) is 11.9. The van der Waals surface area contributed by atoms with E-state index in [2.05, 4.69) is 26.6 Å². The third-order valence-electron chi connectivity index (χ3n) is 3.73. The largest absolute Gasteiger partial charge is 0.494 e. The van der Waals surface area contributed by atoms with Crippen molar-refractivity contribution in [2.45, 2.75) is 26.2 Å². The number of amides is 2. The van der Waals surface area contributed by atoms with Gasteiger partial charge in [-0.2, -0.15) is 0 Å². The van der Waals surface area contributed by atoms with Gasteiger partial charge in [-0.05, 0) is 61.9 Å². The van der Waals surface area contributed by atoms with Gasteiger partial charge >= 0.3 is 5.97 Å². The van der Waals surface area contributed by atoms with Crippen LogP contribution in [0.2, 0.25) is 0 Å². The molecule has 29 heavy (non-hydrogen) atoms. The van der Waals surface area contributed by atoms with E-state index in [4.69, 9.17) is 9.47 Å². The van der Waals surface area contributed by atoms with Crippen molar-refractivity contribution in [1.29, 1.82) is 0 Å². The van der Waals surface area contributed by atoms with Crippen molar-refractivity contribution in [3.8, 4) is 5.75 Å². The van der Waals surface area contributed by atoms with Crippen LogP contribution in [0.25, 0.3) is 0 Å². The van der Waals surface area contributed by atoms with E-state index in [0.29, 0.717) is 24.4 Å². The Bertz CT molecular complexity index is 822. The van der Waals surface area contributed by atoms with Crippen molar-refractivity contribution in [1.82, 2.24) is 0 Å². The Morgan fingerprint density at radius 1 is 0.862 bits per heavy atom. The first-order chi connectivity index (χ1) is 14.0. The lowest BCUT2D eigenvalue weighted by molar-refractivity contribution is -0.147. The zero-order chi connectivity index (χ0) is 21.1. The molecule has 0 radical (unpaired) electrons. The summed E-state index contributed by atoms with van der Waals surface area (Å²) >= 11 is 3.31. The van der Waals surface area contributed by atoms with E-state index in [1.54, 1.807) is 48.5 Å². The van der Waals surface area contributed by atoms with Crippen LogP contribution in [0.5, 0.6) is 5.75 Å². The zero-order valence-corrected chi connectivity index (χ0v) is 17.7. The van der Waals surface area contributed by atoms with E-state index in [1.165, 1.54) is 0 Å². The van der Waals surface area contributed by atoms with E-state index in [-0.39, 0.29) is 25.4 Å². The smallest absolute Gasteiger partial charge is 0.306 e. The molecule has 2 rings (SSSR count). The van der Waals surface area contributed by atoms with Crippen molar-refractivity contribution >= 4 is 45.1 Å². The van der Waals surface area contributed by atoms with E-state index < -0.39 is 11.9 Å². The Morgan fingerprint density at radius 3 is 2.07 bits per heavy atom. The molecule has 0 unspecified atom stereocenters. The molecule has 0 saturated heterocycles. The predicted octanol–water partition coefficient (Wildman–Crippen LogP) is 4.14. The number of benzene rings is 2. The second-order valence-electron chi connectivity index (χ2n) is 6.07. The molecule has 154 valence electrons. The second-order valence-corrected chi connectivity index (χ2v) is 6.99. The number of carbonyl (C=O) groups excluding carboxylic acids is 3. The molecule has 8 heteroatoms. The maximum atomic E-state index is 11.9. The normalized spacial score (nSPS) is 10.1. The Kier molecular flexibility index (Phi) is 9.17. The van der Waals surface area contributed by atoms with Gasteiger partial charge in [-0.1, -0.05) is 15.9 Å². The number of hydrogen-bond acceptors (Lipinski definition) is 5. The number of halogens is 1. The Hall–Kier alpha value is -2.87. The minimum absolute atomic E-state index is 0.0578. The fourth-order valence-electron chi connectivity index (χ4n) is 2.37. The molecule has 0 saturated carbocycles. The highest BCUT2D eigenvalue weighted by molar-refractivity contribution is 9.10. The van der Waals surface area contributed by atoms with Gasteiger partial charge < -0.3 is 20.1 Å². The van der Waals surface area contributed by atoms with Crippen LogP contribution in [-0.2, 0) is 19.1 Å². The molecule has 2 aromatic rings. The number of nitrogens with one attached hydrogen (secondary N) is 2. The number of carbonyl (C=O) groups is 3. The predicted molar refractivity (Wildman–Crippen MR) is 114 cm³/mol. The highest BCUT2D eigenvalue weighted by Gasteiger charge is 2.10. The fraction of sp³-hybridized carbons (Fsp3) is 0.286. The molecule has 0 bridgehead atoms. The Morgan fingerprint density at radius 2 is 1.45 bits per heavy atom. The van der Waals surface area contributed by atoms with E-state index >= 15 is 0 Å². The molecule has 2 amide bonds. The van der Waals surface area contributed by atoms with Gasteiger partial charge in [0.15, 0.2) is 6.61 Å². The summed E-state index contributed by atoms with van der Waals surface area (Å²) in [5.74, 6) is -0.411. The molecule has 0 heterocycles. The third kappa shape index (κ3) is 8.78. The van der Waals surface area contributed by atoms with Crippen LogP contribution in [0.1, 0.15) is 26.2 Å². The maximum absolute atomic E-state index is 11.9. The molecule has 0 spiro atoms. The molecule has 0 aromatic heterocycles. The monoisotopic (exact) mass is 462 g/mol. The zero-order valence-electron chi connectivity index (χ0n) is 16.1. The highest BCUT2D eigenvalue weighted by atomic mass is 79.9. The Labute approximate surface area is 177 Å². The molecular formula is C21H23BrN2O5. The van der Waals surface area contributed by atoms with Crippen LogP contribution < -0.4 is 15.4 Å². The summed E-state index contributed by atoms with van der Waals surface area (Å²) < 4.78 is 11.2. The highest BCUT2D eigenvalue weighted by Crippen LogP contribution is 2.16. The summed E-state index contributed by atoms with van der Waals surface area (Å²) in [6.45, 7) is 2.11. The molecule has 7 nitrogen and oxygen atoms in total. The molecule has 0 aliphatic rings. The van der Waals surface area contributed by atoms with Crippen molar-refractivity contribution in [2.75, 3.05) is 23.8 Å². The minimum Gasteiger partial charge on any atom is -0.494 e. The first-order valence-corrected chi connectivity index (χ1v) is 9.99. The van der Waals surface area contributed by atoms with Gasteiger partial charge in [0.05, 0.1) is 6.61 Å². The number of ether oxygens (including phenoxy) is 2. The summed E-state index contributed by atoms with van der Waals surface area (Å²) in [5.41, 5.74) is 1.27. The molecule has 2 N–H and O–H groups in total. The van der Waals surface area contributed by atoms with Gasteiger partial charge in [0.25, 0.3) is 5.91 Å². The van der Waals surface area contributed by atoms with Gasteiger partial charge in [0.2, 0.25) is 5.91 Å². The van der Waals surface area contributed by atoms with Crippen LogP contribution >= 0.6 is 15.9 Å². The van der Waals surface area contributed by atoms with Crippen molar-refractivity contribution in [3.63, 3.8) is 0 Å². The van der Waals surface area contributed by atoms with Gasteiger partial charge in [0.1, 0.15) is 5.75 Å². The first-order valence-electron chi connectivity index (χ1n) is 9.20. The van der Waals surface area contributed by atoms with E-state index in [0.717, 1.165) is 10.2 Å². The van der Waals surface area contributed by atoms with Crippen molar-refractivity contribution < 1.29 is 23.9 Å². The van der Waals surface area contributed by atoms with Gasteiger partial charge in [0, 0.05) is 28.7 Å². The maximum Gasteiger partial charge on any atom is 0.306 e. The average Bonchev–Trinajstić information content (AvgIpc) is 2.70. The lowest BCUT2D eigenvalue weighted by Gasteiger charge is -2.08. The van der Waals surface area contributed by atoms with Crippen LogP contribution in [0.15, 0.2) is 53.0 Å². The number of anilines is 2.